The Bertz CT molecular complexity index is 369. The molecule has 0 aliphatic heterocycles. The van der Waals surface area contributed by atoms with Gasteiger partial charge in [0.25, 0.3) is 0 Å². The molecule has 0 unspecified atom stereocenters. The normalized spacial score (nSPS) is 9.22. The Labute approximate surface area is 140 Å². The fourth-order valence-electron chi connectivity index (χ4n) is 1.85. The number of rotatable bonds is 5. The molecule has 0 saturated heterocycles. The van der Waals surface area contributed by atoms with Gasteiger partial charge in [0, 0.05) is 24.4 Å². The summed E-state index contributed by atoms with van der Waals surface area (Å²) in [6, 6.07) is 6.44. The monoisotopic (exact) mass is 351 g/mol. The average molecular weight is 353 g/mol. The standard InChI is InChI=1S/C13H19NS2.H2S.Zn/c1-3-6-10-8-5-9-12(16-13(14)15)11(10)7-4-2;;/h5,8-9H,3-4,6-7H2,1-2H3,(H2,14,15);1H2;. The summed E-state index contributed by atoms with van der Waals surface area (Å²) in [6.45, 7) is 4.42. The van der Waals surface area contributed by atoms with Crippen LogP contribution in [0.25, 0.3) is 0 Å². The molecule has 0 amide bonds. The maximum Gasteiger partial charge on any atom is 0.136 e. The van der Waals surface area contributed by atoms with Crippen LogP contribution < -0.4 is 5.73 Å². The molecule has 0 radical (unpaired) electrons. The third-order valence-electron chi connectivity index (χ3n) is 2.46. The second kappa shape index (κ2) is 11.3. The number of nitrogens with two attached hydrogens (primary N) is 1. The van der Waals surface area contributed by atoms with Gasteiger partial charge < -0.3 is 5.73 Å². The van der Waals surface area contributed by atoms with Crippen molar-refractivity contribution < 1.29 is 19.5 Å². The first-order valence-corrected chi connectivity index (χ1v) is 6.99. The molecule has 0 heterocycles. The van der Waals surface area contributed by atoms with Crippen molar-refractivity contribution in [2.45, 2.75) is 44.4 Å². The Morgan fingerprint density at radius 3 is 2.33 bits per heavy atom. The molecule has 5 heteroatoms. The molecule has 0 atom stereocenters. The second-order valence-corrected chi connectivity index (χ2v) is 5.60. The number of aryl methyl sites for hydroxylation is 1. The first kappa shape index (κ1) is 20.7. The Balaban J connectivity index is 0. The molecule has 0 saturated carbocycles. The fourth-order valence-corrected chi connectivity index (χ4v) is 2.84. The van der Waals surface area contributed by atoms with Gasteiger partial charge in [-0.3, -0.25) is 0 Å². The number of thiocarbonyl (C=S) groups is 1. The second-order valence-electron chi connectivity index (χ2n) is 3.81. The maximum atomic E-state index is 5.61. The van der Waals surface area contributed by atoms with Crippen molar-refractivity contribution in [1.29, 1.82) is 0 Å². The topological polar surface area (TPSA) is 26.0 Å². The molecule has 1 rings (SSSR count). The van der Waals surface area contributed by atoms with Crippen molar-refractivity contribution in [3.05, 3.63) is 29.3 Å². The molecule has 98 valence electrons. The predicted octanol–water partition coefficient (Wildman–Crippen LogP) is 4.04. The molecule has 0 fully saturated rings. The molecule has 0 spiro atoms. The van der Waals surface area contributed by atoms with Crippen LogP contribution in [-0.4, -0.2) is 4.32 Å². The zero-order chi connectivity index (χ0) is 12.0. The van der Waals surface area contributed by atoms with Crippen LogP contribution >= 0.6 is 37.5 Å². The molecule has 0 aromatic heterocycles. The van der Waals surface area contributed by atoms with Crippen LogP contribution in [0, 0.1) is 0 Å². The minimum Gasteiger partial charge on any atom is -0.384 e. The van der Waals surface area contributed by atoms with E-state index in [4.69, 9.17) is 18.0 Å². The molecular formula is C13H21NS3Zn. The van der Waals surface area contributed by atoms with Gasteiger partial charge in [-0.25, -0.2) is 0 Å². The molecule has 0 bridgehead atoms. The Morgan fingerprint density at radius 1 is 1.22 bits per heavy atom. The minimum atomic E-state index is 0. The van der Waals surface area contributed by atoms with Crippen molar-refractivity contribution in [2.75, 3.05) is 0 Å². The van der Waals surface area contributed by atoms with Gasteiger partial charge in [-0.05, 0) is 30.0 Å². The van der Waals surface area contributed by atoms with Gasteiger partial charge in [-0.2, -0.15) is 13.5 Å². The van der Waals surface area contributed by atoms with E-state index in [2.05, 4.69) is 32.0 Å². The van der Waals surface area contributed by atoms with Crippen molar-refractivity contribution in [2.24, 2.45) is 5.73 Å². The van der Waals surface area contributed by atoms with Crippen LogP contribution in [0.5, 0.6) is 0 Å². The summed E-state index contributed by atoms with van der Waals surface area (Å²) < 4.78 is 0.506. The van der Waals surface area contributed by atoms with Gasteiger partial charge in [0.15, 0.2) is 0 Å². The van der Waals surface area contributed by atoms with E-state index in [9.17, 15) is 0 Å². The third kappa shape index (κ3) is 6.56. The minimum absolute atomic E-state index is 0. The summed E-state index contributed by atoms with van der Waals surface area (Å²) in [5.41, 5.74) is 8.49. The van der Waals surface area contributed by atoms with Gasteiger partial charge in [0.1, 0.15) is 4.32 Å². The van der Waals surface area contributed by atoms with E-state index in [1.165, 1.54) is 34.2 Å². The molecule has 0 aliphatic rings. The fraction of sp³-hybridized carbons (Fsp3) is 0.462. The first-order chi connectivity index (χ1) is 7.69. The zero-order valence-corrected chi connectivity index (χ0v) is 16.8. The molecule has 1 nitrogen and oxygen atoms in total. The first-order valence-electron chi connectivity index (χ1n) is 5.77. The van der Waals surface area contributed by atoms with E-state index < -0.39 is 0 Å². The number of thioether (sulfide) groups is 1. The Morgan fingerprint density at radius 2 is 1.83 bits per heavy atom. The third-order valence-corrected chi connectivity index (χ3v) is 3.51. The molecule has 18 heavy (non-hydrogen) atoms. The molecule has 1 aromatic carbocycles. The average Bonchev–Trinajstić information content (AvgIpc) is 2.22. The Hall–Kier alpha value is 0.433. The largest absolute Gasteiger partial charge is 0.384 e. The number of hydrogen-bond donors (Lipinski definition) is 1. The van der Waals surface area contributed by atoms with Gasteiger partial charge >= 0.3 is 0 Å². The van der Waals surface area contributed by atoms with E-state index in [0.717, 1.165) is 19.3 Å². The molecular weight excluding hydrogens is 332 g/mol. The number of hydrogen-bond acceptors (Lipinski definition) is 2. The van der Waals surface area contributed by atoms with Crippen LogP contribution in [0.3, 0.4) is 0 Å². The summed E-state index contributed by atoms with van der Waals surface area (Å²) in [5.74, 6) is 0. The van der Waals surface area contributed by atoms with Crippen LogP contribution in [0.4, 0.5) is 0 Å². The molecule has 2 N–H and O–H groups in total. The van der Waals surface area contributed by atoms with E-state index in [1.807, 2.05) is 0 Å². The maximum absolute atomic E-state index is 5.61. The SMILES string of the molecule is CCCc1cccc(SC(N)=S)c1CCC.S.[Zn]. The van der Waals surface area contributed by atoms with Gasteiger partial charge in [0.2, 0.25) is 0 Å². The number of benzene rings is 1. The van der Waals surface area contributed by atoms with E-state index >= 15 is 0 Å². The van der Waals surface area contributed by atoms with Gasteiger partial charge in [0.05, 0.1) is 0 Å². The van der Waals surface area contributed by atoms with Crippen LogP contribution in [0.2, 0.25) is 0 Å². The van der Waals surface area contributed by atoms with Crippen molar-refractivity contribution in [3.63, 3.8) is 0 Å². The predicted molar refractivity (Wildman–Crippen MR) is 87.5 cm³/mol. The molecule has 0 aliphatic carbocycles. The van der Waals surface area contributed by atoms with Crippen molar-refractivity contribution >= 4 is 41.8 Å². The van der Waals surface area contributed by atoms with Crippen molar-refractivity contribution in [1.82, 2.24) is 0 Å². The van der Waals surface area contributed by atoms with E-state index in [0.29, 0.717) is 4.32 Å². The van der Waals surface area contributed by atoms with Crippen molar-refractivity contribution in [3.8, 4) is 0 Å². The van der Waals surface area contributed by atoms with Crippen LogP contribution in [0.1, 0.15) is 37.8 Å². The van der Waals surface area contributed by atoms with Gasteiger partial charge in [-0.15, -0.1) is 0 Å². The summed E-state index contributed by atoms with van der Waals surface area (Å²) in [4.78, 5) is 1.24. The van der Waals surface area contributed by atoms with Crippen LogP contribution in [0.15, 0.2) is 23.1 Å². The van der Waals surface area contributed by atoms with E-state index in [-0.39, 0.29) is 33.0 Å². The van der Waals surface area contributed by atoms with E-state index in [1.54, 1.807) is 0 Å². The Kier molecular flexibility index (Phi) is 13.0. The smallest absolute Gasteiger partial charge is 0.136 e. The zero-order valence-electron chi connectivity index (χ0n) is 11.2. The summed E-state index contributed by atoms with van der Waals surface area (Å²) in [6.07, 6.45) is 4.59. The van der Waals surface area contributed by atoms with Crippen LogP contribution in [-0.2, 0) is 32.3 Å². The quantitative estimate of drug-likeness (QED) is 0.492. The summed E-state index contributed by atoms with van der Waals surface area (Å²) in [7, 11) is 0. The van der Waals surface area contributed by atoms with Gasteiger partial charge in [-0.1, -0.05) is 62.8 Å². The summed E-state index contributed by atoms with van der Waals surface area (Å²) >= 11 is 6.48. The summed E-state index contributed by atoms with van der Waals surface area (Å²) in [5, 5.41) is 0. The molecule has 1 aromatic rings.